The van der Waals surface area contributed by atoms with Gasteiger partial charge in [-0.25, -0.2) is 9.97 Å². The van der Waals surface area contributed by atoms with Crippen LogP contribution in [0.4, 0.5) is 5.95 Å². The van der Waals surface area contributed by atoms with Crippen molar-refractivity contribution < 1.29 is 0 Å². The standard InChI is InChI=1S/C22H30N6/c1-5-17-18(6-2)25-26-22(24-17)27-13-9-10-16(14-27)21-23-19-11-7-8-12-20(19)28(21)15(3)4/h7-8,11-12,15-16H,5-6,9-10,13-14H2,1-4H3. The third kappa shape index (κ3) is 3.36. The van der Waals surface area contributed by atoms with Gasteiger partial charge < -0.3 is 9.47 Å². The van der Waals surface area contributed by atoms with Crippen molar-refractivity contribution in [2.24, 2.45) is 0 Å². The Morgan fingerprint density at radius 3 is 2.57 bits per heavy atom. The number of hydrogen-bond acceptors (Lipinski definition) is 5. The highest BCUT2D eigenvalue weighted by Crippen LogP contribution is 2.32. The van der Waals surface area contributed by atoms with Crippen molar-refractivity contribution in [3.63, 3.8) is 0 Å². The Bertz CT molecular complexity index is 961. The predicted octanol–water partition coefficient (Wildman–Crippen LogP) is 4.31. The molecule has 1 atom stereocenters. The fourth-order valence-electron chi connectivity index (χ4n) is 4.33. The molecule has 0 bridgehead atoms. The first kappa shape index (κ1) is 18.8. The second-order valence-corrected chi connectivity index (χ2v) is 7.92. The molecule has 0 spiro atoms. The summed E-state index contributed by atoms with van der Waals surface area (Å²) in [5, 5.41) is 8.89. The van der Waals surface area contributed by atoms with Gasteiger partial charge in [0.05, 0.1) is 22.4 Å². The number of fused-ring (bicyclic) bond motifs is 1. The molecule has 6 heteroatoms. The molecule has 28 heavy (non-hydrogen) atoms. The van der Waals surface area contributed by atoms with Gasteiger partial charge in [0, 0.05) is 25.0 Å². The minimum absolute atomic E-state index is 0.378. The molecule has 0 N–H and O–H groups in total. The summed E-state index contributed by atoms with van der Waals surface area (Å²) >= 11 is 0. The number of aryl methyl sites for hydroxylation is 2. The molecule has 6 nitrogen and oxygen atoms in total. The van der Waals surface area contributed by atoms with E-state index in [-0.39, 0.29) is 0 Å². The van der Waals surface area contributed by atoms with Gasteiger partial charge in [-0.15, -0.1) is 5.10 Å². The van der Waals surface area contributed by atoms with Gasteiger partial charge in [0.1, 0.15) is 5.82 Å². The van der Waals surface area contributed by atoms with E-state index >= 15 is 0 Å². The number of hydrogen-bond donors (Lipinski definition) is 0. The molecule has 3 heterocycles. The van der Waals surface area contributed by atoms with Gasteiger partial charge >= 0.3 is 0 Å². The monoisotopic (exact) mass is 378 g/mol. The third-order valence-corrected chi connectivity index (χ3v) is 5.71. The van der Waals surface area contributed by atoms with Crippen LogP contribution in [0.25, 0.3) is 11.0 Å². The molecule has 0 radical (unpaired) electrons. The van der Waals surface area contributed by atoms with Crippen molar-refractivity contribution in [2.75, 3.05) is 18.0 Å². The van der Waals surface area contributed by atoms with E-state index in [1.807, 2.05) is 0 Å². The Kier molecular flexibility index (Phi) is 5.29. The molecule has 1 aliphatic rings. The van der Waals surface area contributed by atoms with Crippen LogP contribution >= 0.6 is 0 Å². The number of anilines is 1. The summed E-state index contributed by atoms with van der Waals surface area (Å²) in [6.07, 6.45) is 4.04. The van der Waals surface area contributed by atoms with Crippen molar-refractivity contribution >= 4 is 17.0 Å². The first-order valence-corrected chi connectivity index (χ1v) is 10.6. The largest absolute Gasteiger partial charge is 0.339 e. The molecule has 0 aliphatic carbocycles. The normalized spacial score (nSPS) is 17.6. The summed E-state index contributed by atoms with van der Waals surface area (Å²) in [4.78, 5) is 12.2. The highest BCUT2D eigenvalue weighted by Gasteiger charge is 2.28. The second-order valence-electron chi connectivity index (χ2n) is 7.92. The van der Waals surface area contributed by atoms with E-state index in [9.17, 15) is 0 Å². The zero-order valence-corrected chi connectivity index (χ0v) is 17.4. The second kappa shape index (κ2) is 7.86. The van der Waals surface area contributed by atoms with Crippen molar-refractivity contribution in [3.05, 3.63) is 41.5 Å². The zero-order chi connectivity index (χ0) is 19.7. The van der Waals surface area contributed by atoms with Crippen LogP contribution < -0.4 is 4.90 Å². The van der Waals surface area contributed by atoms with Gasteiger partial charge in [-0.1, -0.05) is 26.0 Å². The molecule has 0 amide bonds. The molecular formula is C22H30N6. The maximum atomic E-state index is 5.03. The van der Waals surface area contributed by atoms with E-state index < -0.39 is 0 Å². The van der Waals surface area contributed by atoms with Gasteiger partial charge in [0.15, 0.2) is 0 Å². The Morgan fingerprint density at radius 2 is 1.82 bits per heavy atom. The van der Waals surface area contributed by atoms with Gasteiger partial charge in [-0.05, 0) is 51.7 Å². The van der Waals surface area contributed by atoms with Gasteiger partial charge in [0.2, 0.25) is 5.95 Å². The van der Waals surface area contributed by atoms with Crippen molar-refractivity contribution in [1.29, 1.82) is 0 Å². The first-order chi connectivity index (χ1) is 13.6. The van der Waals surface area contributed by atoms with Crippen LogP contribution in [0, 0.1) is 0 Å². The van der Waals surface area contributed by atoms with E-state index in [1.165, 1.54) is 11.3 Å². The van der Waals surface area contributed by atoms with E-state index in [2.05, 4.69) is 71.6 Å². The Labute approximate surface area is 167 Å². The Hall–Kier alpha value is -2.50. The Morgan fingerprint density at radius 1 is 1.04 bits per heavy atom. The molecule has 3 aromatic rings. The summed E-state index contributed by atoms with van der Waals surface area (Å²) in [5.41, 5.74) is 4.40. The third-order valence-electron chi connectivity index (χ3n) is 5.71. The van der Waals surface area contributed by atoms with Crippen LogP contribution in [0.1, 0.15) is 69.7 Å². The molecule has 1 fully saturated rings. The molecule has 148 valence electrons. The van der Waals surface area contributed by atoms with Crippen LogP contribution in [0.5, 0.6) is 0 Å². The summed E-state index contributed by atoms with van der Waals surface area (Å²) in [7, 11) is 0. The van der Waals surface area contributed by atoms with Crippen molar-refractivity contribution in [1.82, 2.24) is 24.7 Å². The van der Waals surface area contributed by atoms with Gasteiger partial charge in [-0.2, -0.15) is 5.10 Å². The lowest BCUT2D eigenvalue weighted by molar-refractivity contribution is 0.454. The highest BCUT2D eigenvalue weighted by molar-refractivity contribution is 5.76. The van der Waals surface area contributed by atoms with Crippen LogP contribution in [0.3, 0.4) is 0 Å². The van der Waals surface area contributed by atoms with Crippen molar-refractivity contribution in [3.8, 4) is 0 Å². The maximum Gasteiger partial charge on any atom is 0.245 e. The van der Waals surface area contributed by atoms with Crippen molar-refractivity contribution in [2.45, 2.75) is 65.3 Å². The zero-order valence-electron chi connectivity index (χ0n) is 17.4. The van der Waals surface area contributed by atoms with E-state index in [4.69, 9.17) is 9.97 Å². The molecular weight excluding hydrogens is 348 g/mol. The fraction of sp³-hybridized carbons (Fsp3) is 0.545. The number of rotatable bonds is 5. The minimum Gasteiger partial charge on any atom is -0.339 e. The fourth-order valence-corrected chi connectivity index (χ4v) is 4.33. The summed E-state index contributed by atoms with van der Waals surface area (Å²) < 4.78 is 2.40. The first-order valence-electron chi connectivity index (χ1n) is 10.6. The van der Waals surface area contributed by atoms with Crippen LogP contribution in [-0.4, -0.2) is 37.8 Å². The topological polar surface area (TPSA) is 59.7 Å². The van der Waals surface area contributed by atoms with E-state index in [1.54, 1.807) is 0 Å². The summed E-state index contributed by atoms with van der Waals surface area (Å²) in [5.74, 6) is 2.34. The van der Waals surface area contributed by atoms with Crippen LogP contribution in [-0.2, 0) is 12.8 Å². The highest BCUT2D eigenvalue weighted by atomic mass is 15.3. The number of nitrogens with zero attached hydrogens (tertiary/aromatic N) is 6. The number of aromatic nitrogens is 5. The Balaban J connectivity index is 1.66. The van der Waals surface area contributed by atoms with Gasteiger partial charge in [0.25, 0.3) is 0 Å². The average Bonchev–Trinajstić information content (AvgIpc) is 3.13. The minimum atomic E-state index is 0.378. The quantitative estimate of drug-likeness (QED) is 0.662. The maximum absolute atomic E-state index is 5.03. The predicted molar refractivity (Wildman–Crippen MR) is 113 cm³/mol. The summed E-state index contributed by atoms with van der Waals surface area (Å²) in [6.45, 7) is 10.6. The molecule has 1 unspecified atom stereocenters. The molecule has 4 rings (SSSR count). The molecule has 0 saturated carbocycles. The lowest BCUT2D eigenvalue weighted by Gasteiger charge is -2.33. The summed E-state index contributed by atoms with van der Waals surface area (Å²) in [6, 6.07) is 8.84. The molecule has 1 aliphatic heterocycles. The molecule has 1 aromatic carbocycles. The van der Waals surface area contributed by atoms with Crippen LogP contribution in [0.15, 0.2) is 24.3 Å². The average molecular weight is 379 g/mol. The van der Waals surface area contributed by atoms with Gasteiger partial charge in [-0.3, -0.25) is 0 Å². The van der Waals surface area contributed by atoms with E-state index in [0.29, 0.717) is 12.0 Å². The SMILES string of the molecule is CCc1nnc(N2CCCC(c3nc4ccccc4n3C(C)C)C2)nc1CC. The molecule has 2 aromatic heterocycles. The number of para-hydroxylation sites is 2. The lowest BCUT2D eigenvalue weighted by atomic mass is 9.97. The number of piperidine rings is 1. The number of imidazole rings is 1. The van der Waals surface area contributed by atoms with Crippen LogP contribution in [0.2, 0.25) is 0 Å². The lowest BCUT2D eigenvalue weighted by Crippen LogP contribution is -2.37. The smallest absolute Gasteiger partial charge is 0.245 e. The van der Waals surface area contributed by atoms with E-state index in [0.717, 1.165) is 61.6 Å². The molecule has 1 saturated heterocycles. The number of benzene rings is 1.